The first-order chi connectivity index (χ1) is 6.83. The van der Waals surface area contributed by atoms with Crippen molar-refractivity contribution in [2.24, 2.45) is 0 Å². The Morgan fingerprint density at radius 1 is 1.33 bits per heavy atom. The molecule has 7 heteroatoms. The minimum absolute atomic E-state index is 0.0422. The number of rotatable bonds is 3. The second-order valence-corrected chi connectivity index (χ2v) is 4.54. The third-order valence-electron chi connectivity index (χ3n) is 1.71. The smallest absolute Gasteiger partial charge is 0.330 e. The second-order valence-electron chi connectivity index (χ2n) is 2.89. The molecule has 4 nitrogen and oxygen atoms in total. The number of hydrogen-bond donors (Lipinski definition) is 2. The summed E-state index contributed by atoms with van der Waals surface area (Å²) < 4.78 is 41.5. The molecule has 0 spiro atoms. The average Bonchev–Trinajstić information content (AvgIpc) is 2.09. The highest BCUT2D eigenvalue weighted by Gasteiger charge is 2.21. The zero-order valence-electron chi connectivity index (χ0n) is 7.78. The van der Waals surface area contributed by atoms with E-state index in [0.29, 0.717) is 0 Å². The first-order valence-corrected chi connectivity index (χ1v) is 5.69. The van der Waals surface area contributed by atoms with Crippen LogP contribution in [0.4, 0.5) is 8.78 Å². The maximum atomic E-state index is 13.2. The second kappa shape index (κ2) is 4.26. The number of benzene rings is 1. The van der Waals surface area contributed by atoms with E-state index < -0.39 is 31.0 Å². The fraction of sp³-hybridized carbons (Fsp3) is 0.250. The fourth-order valence-corrected chi connectivity index (χ4v) is 1.77. The highest BCUT2D eigenvalue weighted by Crippen LogP contribution is 2.40. The summed E-state index contributed by atoms with van der Waals surface area (Å²) >= 11 is 0. The van der Waals surface area contributed by atoms with Crippen LogP contribution in [-0.4, -0.2) is 16.9 Å². The topological polar surface area (TPSA) is 66.8 Å². The molecule has 0 aliphatic rings. The van der Waals surface area contributed by atoms with Crippen molar-refractivity contribution < 1.29 is 27.9 Å². The van der Waals surface area contributed by atoms with Gasteiger partial charge in [-0.15, -0.1) is 0 Å². The third-order valence-corrected chi connectivity index (χ3v) is 2.44. The Morgan fingerprint density at radius 2 is 1.80 bits per heavy atom. The van der Waals surface area contributed by atoms with Crippen molar-refractivity contribution in [3.8, 4) is 5.75 Å². The van der Waals surface area contributed by atoms with Gasteiger partial charge in [-0.25, -0.2) is 8.78 Å². The molecule has 0 aliphatic heterocycles. The molecule has 0 heterocycles. The maximum Gasteiger partial charge on any atom is 0.330 e. The van der Waals surface area contributed by atoms with E-state index in [0.717, 1.165) is 12.1 Å². The van der Waals surface area contributed by atoms with E-state index in [1.165, 1.54) is 7.11 Å². The summed E-state index contributed by atoms with van der Waals surface area (Å²) in [4.78, 5) is 17.2. The van der Waals surface area contributed by atoms with Gasteiger partial charge in [-0.05, 0) is 0 Å². The predicted molar refractivity (Wildman–Crippen MR) is 48.7 cm³/mol. The Balaban J connectivity index is 3.14. The molecule has 1 aromatic rings. The van der Waals surface area contributed by atoms with Crippen molar-refractivity contribution in [1.29, 1.82) is 0 Å². The summed E-state index contributed by atoms with van der Waals surface area (Å²) in [5.74, 6) is -2.11. The highest BCUT2D eigenvalue weighted by molar-refractivity contribution is 7.50. The quantitative estimate of drug-likeness (QED) is 0.785. The Labute approximate surface area is 84.7 Å². The largest absolute Gasteiger partial charge is 0.497 e. The number of hydrogen-bond acceptors (Lipinski definition) is 2. The van der Waals surface area contributed by atoms with Crippen molar-refractivity contribution >= 4 is 7.60 Å². The minimum Gasteiger partial charge on any atom is -0.497 e. The molecule has 0 saturated carbocycles. The van der Waals surface area contributed by atoms with Gasteiger partial charge in [-0.2, -0.15) is 0 Å². The molecule has 1 aromatic carbocycles. The van der Waals surface area contributed by atoms with E-state index in [1.807, 2.05) is 0 Å². The van der Waals surface area contributed by atoms with Gasteiger partial charge >= 0.3 is 7.60 Å². The summed E-state index contributed by atoms with van der Waals surface area (Å²) in [6, 6.07) is 1.74. The Hall–Kier alpha value is -0.970. The van der Waals surface area contributed by atoms with Crippen molar-refractivity contribution in [3.63, 3.8) is 0 Å². The average molecular weight is 238 g/mol. The lowest BCUT2D eigenvalue weighted by atomic mass is 10.2. The van der Waals surface area contributed by atoms with Crippen LogP contribution in [0.15, 0.2) is 12.1 Å². The van der Waals surface area contributed by atoms with E-state index in [9.17, 15) is 13.3 Å². The van der Waals surface area contributed by atoms with Gasteiger partial charge < -0.3 is 14.5 Å². The van der Waals surface area contributed by atoms with Gasteiger partial charge in [0.25, 0.3) is 0 Å². The SMILES string of the molecule is COc1cc(F)c(CP(=O)(O)O)c(F)c1. The van der Waals surface area contributed by atoms with Gasteiger partial charge in [0.05, 0.1) is 13.3 Å². The van der Waals surface area contributed by atoms with Crippen LogP contribution in [0, 0.1) is 11.6 Å². The number of ether oxygens (including phenoxy) is 1. The van der Waals surface area contributed by atoms with Crippen molar-refractivity contribution in [3.05, 3.63) is 29.3 Å². The zero-order chi connectivity index (χ0) is 11.6. The number of methoxy groups -OCH3 is 1. The molecule has 0 bridgehead atoms. The first-order valence-electron chi connectivity index (χ1n) is 3.90. The Kier molecular flexibility index (Phi) is 3.44. The van der Waals surface area contributed by atoms with Crippen LogP contribution in [0.3, 0.4) is 0 Å². The van der Waals surface area contributed by atoms with Crippen LogP contribution in [0.5, 0.6) is 5.75 Å². The van der Waals surface area contributed by atoms with Crippen LogP contribution < -0.4 is 4.74 Å². The van der Waals surface area contributed by atoms with Gasteiger partial charge in [0.1, 0.15) is 17.4 Å². The molecule has 0 fully saturated rings. The summed E-state index contributed by atoms with van der Waals surface area (Å²) in [5.41, 5.74) is -0.635. The van der Waals surface area contributed by atoms with Crippen molar-refractivity contribution in [2.75, 3.05) is 7.11 Å². The maximum absolute atomic E-state index is 13.2. The standard InChI is InChI=1S/C8H9F2O4P/c1-14-5-2-7(9)6(8(10)3-5)4-15(11,12)13/h2-3H,4H2,1H3,(H2,11,12,13). The van der Waals surface area contributed by atoms with E-state index in [1.54, 1.807) is 0 Å². The Morgan fingerprint density at radius 3 is 2.13 bits per heavy atom. The van der Waals surface area contributed by atoms with Crippen LogP contribution in [-0.2, 0) is 10.7 Å². The van der Waals surface area contributed by atoms with Gasteiger partial charge in [-0.1, -0.05) is 0 Å². The molecule has 0 amide bonds. The van der Waals surface area contributed by atoms with E-state index >= 15 is 0 Å². The van der Waals surface area contributed by atoms with E-state index in [2.05, 4.69) is 4.74 Å². The summed E-state index contributed by atoms with van der Waals surface area (Å²) in [6.07, 6.45) is -0.964. The van der Waals surface area contributed by atoms with E-state index in [4.69, 9.17) is 9.79 Å². The fourth-order valence-electron chi connectivity index (χ4n) is 1.05. The lowest BCUT2D eigenvalue weighted by Gasteiger charge is -2.08. The van der Waals surface area contributed by atoms with Crippen molar-refractivity contribution in [1.82, 2.24) is 0 Å². The lowest BCUT2D eigenvalue weighted by molar-refractivity contribution is 0.368. The molecule has 0 aliphatic carbocycles. The van der Waals surface area contributed by atoms with E-state index in [-0.39, 0.29) is 5.75 Å². The van der Waals surface area contributed by atoms with Crippen LogP contribution in [0.2, 0.25) is 0 Å². The molecule has 1 rings (SSSR count). The first kappa shape index (κ1) is 12.1. The minimum atomic E-state index is -4.49. The van der Waals surface area contributed by atoms with Crippen LogP contribution in [0.1, 0.15) is 5.56 Å². The molecule has 15 heavy (non-hydrogen) atoms. The lowest BCUT2D eigenvalue weighted by Crippen LogP contribution is -1.98. The number of halogens is 2. The van der Waals surface area contributed by atoms with Gasteiger partial charge in [0.2, 0.25) is 0 Å². The molecular weight excluding hydrogens is 229 g/mol. The summed E-state index contributed by atoms with van der Waals surface area (Å²) in [7, 11) is -3.25. The van der Waals surface area contributed by atoms with Gasteiger partial charge in [-0.3, -0.25) is 4.57 Å². The molecule has 2 N–H and O–H groups in total. The van der Waals surface area contributed by atoms with Gasteiger partial charge in [0.15, 0.2) is 0 Å². The zero-order valence-corrected chi connectivity index (χ0v) is 8.67. The monoisotopic (exact) mass is 238 g/mol. The molecule has 0 unspecified atom stereocenters. The molecular formula is C8H9F2O4P. The highest BCUT2D eigenvalue weighted by atomic mass is 31.2. The molecule has 0 radical (unpaired) electrons. The van der Waals surface area contributed by atoms with Crippen LogP contribution in [0.25, 0.3) is 0 Å². The normalized spacial score (nSPS) is 11.5. The molecule has 0 atom stereocenters. The van der Waals surface area contributed by atoms with Gasteiger partial charge in [0, 0.05) is 17.7 Å². The third kappa shape index (κ3) is 3.27. The molecule has 84 valence electrons. The summed E-state index contributed by atoms with van der Waals surface area (Å²) in [6.45, 7) is 0. The van der Waals surface area contributed by atoms with Crippen molar-refractivity contribution in [2.45, 2.75) is 6.16 Å². The summed E-state index contributed by atoms with van der Waals surface area (Å²) in [5, 5.41) is 0. The predicted octanol–water partition coefficient (Wildman–Crippen LogP) is 1.65. The molecule has 0 saturated heterocycles. The Bertz CT molecular complexity index is 392. The molecule has 0 aromatic heterocycles. The van der Waals surface area contributed by atoms with Crippen LogP contribution >= 0.6 is 7.60 Å².